The van der Waals surface area contributed by atoms with Crippen molar-refractivity contribution >= 4 is 5.78 Å². The normalized spacial score (nSPS) is 11.4. The van der Waals surface area contributed by atoms with E-state index in [1.807, 2.05) is 0 Å². The lowest BCUT2D eigenvalue weighted by molar-refractivity contribution is -0.274. The first-order valence-corrected chi connectivity index (χ1v) is 5.31. The second-order valence-electron chi connectivity index (χ2n) is 3.84. The Bertz CT molecular complexity index is 599. The van der Waals surface area contributed by atoms with Gasteiger partial charge in [-0.15, -0.1) is 13.2 Å². The lowest BCUT2D eigenvalue weighted by Crippen LogP contribution is -2.17. The zero-order chi connectivity index (χ0) is 14.0. The topological polar surface area (TPSA) is 39.4 Å². The highest BCUT2D eigenvalue weighted by Crippen LogP contribution is 2.24. The first-order chi connectivity index (χ1) is 8.87. The van der Waals surface area contributed by atoms with Crippen LogP contribution in [0.15, 0.2) is 41.0 Å². The van der Waals surface area contributed by atoms with Crippen molar-refractivity contribution in [3.8, 4) is 5.75 Å². The predicted molar refractivity (Wildman–Crippen MR) is 60.0 cm³/mol. The van der Waals surface area contributed by atoms with Crippen LogP contribution in [-0.4, -0.2) is 12.1 Å². The van der Waals surface area contributed by atoms with E-state index in [2.05, 4.69) is 4.74 Å². The van der Waals surface area contributed by atoms with Gasteiger partial charge in [0.15, 0.2) is 5.76 Å². The molecule has 2 aromatic rings. The number of furan rings is 1. The molecule has 0 atom stereocenters. The van der Waals surface area contributed by atoms with Crippen LogP contribution < -0.4 is 4.74 Å². The number of ketones is 1. The van der Waals surface area contributed by atoms with E-state index in [9.17, 15) is 18.0 Å². The minimum Gasteiger partial charge on any atom is -0.461 e. The summed E-state index contributed by atoms with van der Waals surface area (Å²) in [5, 5.41) is 0. The number of aryl methyl sites for hydroxylation is 1. The van der Waals surface area contributed by atoms with Gasteiger partial charge in [0, 0.05) is 5.56 Å². The van der Waals surface area contributed by atoms with E-state index in [0.29, 0.717) is 5.56 Å². The Balaban J connectivity index is 2.29. The molecule has 1 heterocycles. The molecule has 0 aliphatic carbocycles. The van der Waals surface area contributed by atoms with Gasteiger partial charge in [0.1, 0.15) is 5.75 Å². The fourth-order valence-corrected chi connectivity index (χ4v) is 1.57. The highest BCUT2D eigenvalue weighted by molar-refractivity contribution is 6.08. The van der Waals surface area contributed by atoms with Crippen LogP contribution in [0, 0.1) is 6.92 Å². The van der Waals surface area contributed by atoms with Crippen LogP contribution in [0.4, 0.5) is 13.2 Å². The lowest BCUT2D eigenvalue weighted by atomic mass is 10.1. The molecule has 100 valence electrons. The molecule has 6 heteroatoms. The molecule has 0 saturated heterocycles. The number of hydrogen-bond acceptors (Lipinski definition) is 3. The van der Waals surface area contributed by atoms with Gasteiger partial charge in [-0.1, -0.05) is 12.1 Å². The number of hydrogen-bond donors (Lipinski definition) is 0. The van der Waals surface area contributed by atoms with E-state index < -0.39 is 17.9 Å². The van der Waals surface area contributed by atoms with Gasteiger partial charge < -0.3 is 9.15 Å². The number of benzene rings is 1. The summed E-state index contributed by atoms with van der Waals surface area (Å²) in [7, 11) is 0. The maximum absolute atomic E-state index is 12.1. The lowest BCUT2D eigenvalue weighted by Gasteiger charge is -2.09. The SMILES string of the molecule is Cc1ccoc1C(=O)c1cccc(OC(F)(F)F)c1. The Labute approximate surface area is 106 Å². The van der Waals surface area contributed by atoms with Crippen molar-refractivity contribution in [2.75, 3.05) is 0 Å². The summed E-state index contributed by atoms with van der Waals surface area (Å²) >= 11 is 0. The summed E-state index contributed by atoms with van der Waals surface area (Å²) in [6.07, 6.45) is -3.44. The summed E-state index contributed by atoms with van der Waals surface area (Å²) in [5.74, 6) is -0.832. The van der Waals surface area contributed by atoms with Gasteiger partial charge >= 0.3 is 6.36 Å². The van der Waals surface area contributed by atoms with E-state index in [4.69, 9.17) is 4.42 Å². The quantitative estimate of drug-likeness (QED) is 0.798. The molecule has 0 saturated carbocycles. The number of carbonyl (C=O) groups excluding carboxylic acids is 1. The zero-order valence-corrected chi connectivity index (χ0v) is 9.82. The molecule has 3 nitrogen and oxygen atoms in total. The standard InChI is InChI=1S/C13H9F3O3/c1-8-5-6-18-12(8)11(17)9-3-2-4-10(7-9)19-13(14,15)16/h2-7H,1H3. The van der Waals surface area contributed by atoms with Crippen LogP contribution in [0.25, 0.3) is 0 Å². The average Bonchev–Trinajstić information content (AvgIpc) is 2.72. The highest BCUT2D eigenvalue weighted by atomic mass is 19.4. The molecule has 19 heavy (non-hydrogen) atoms. The average molecular weight is 270 g/mol. The van der Waals surface area contributed by atoms with Crippen LogP contribution in [0.5, 0.6) is 5.75 Å². The first kappa shape index (κ1) is 13.2. The number of alkyl halides is 3. The fourth-order valence-electron chi connectivity index (χ4n) is 1.57. The van der Waals surface area contributed by atoms with Crippen molar-refractivity contribution in [3.63, 3.8) is 0 Å². The Hall–Kier alpha value is -2.24. The second kappa shape index (κ2) is 4.79. The van der Waals surface area contributed by atoms with Gasteiger partial charge in [-0.3, -0.25) is 4.79 Å². The summed E-state index contributed by atoms with van der Waals surface area (Å²) in [6.45, 7) is 1.67. The van der Waals surface area contributed by atoms with Crippen molar-refractivity contribution < 1.29 is 27.1 Å². The molecule has 0 aliphatic heterocycles. The van der Waals surface area contributed by atoms with Gasteiger partial charge in [0.2, 0.25) is 5.78 Å². The molecular formula is C13H9F3O3. The third kappa shape index (κ3) is 3.15. The summed E-state index contributed by atoms with van der Waals surface area (Å²) < 4.78 is 45.0. The minimum absolute atomic E-state index is 0.0693. The van der Waals surface area contributed by atoms with Crippen molar-refractivity contribution in [1.29, 1.82) is 0 Å². The molecular weight excluding hydrogens is 261 g/mol. The minimum atomic E-state index is -4.79. The van der Waals surface area contributed by atoms with Crippen molar-refractivity contribution in [2.24, 2.45) is 0 Å². The Morgan fingerprint density at radius 1 is 1.26 bits per heavy atom. The van der Waals surface area contributed by atoms with E-state index >= 15 is 0 Å². The smallest absolute Gasteiger partial charge is 0.461 e. The molecule has 1 aromatic heterocycles. The van der Waals surface area contributed by atoms with Crippen LogP contribution in [0.1, 0.15) is 21.7 Å². The Kier molecular flexibility index (Phi) is 3.33. The molecule has 2 rings (SSSR count). The molecule has 0 bridgehead atoms. The number of ether oxygens (including phenoxy) is 1. The number of halogens is 3. The third-order valence-corrected chi connectivity index (χ3v) is 2.40. The third-order valence-electron chi connectivity index (χ3n) is 2.40. The maximum Gasteiger partial charge on any atom is 0.573 e. The van der Waals surface area contributed by atoms with E-state index in [0.717, 1.165) is 12.1 Å². The van der Waals surface area contributed by atoms with Crippen molar-refractivity contribution in [2.45, 2.75) is 13.3 Å². The largest absolute Gasteiger partial charge is 0.573 e. The molecule has 0 fully saturated rings. The van der Waals surface area contributed by atoms with Crippen LogP contribution in [0.2, 0.25) is 0 Å². The zero-order valence-electron chi connectivity index (χ0n) is 9.82. The fraction of sp³-hybridized carbons (Fsp3) is 0.154. The Morgan fingerprint density at radius 2 is 2.00 bits per heavy atom. The second-order valence-corrected chi connectivity index (χ2v) is 3.84. The molecule has 0 spiro atoms. The molecule has 0 N–H and O–H groups in total. The van der Waals surface area contributed by atoms with Crippen molar-refractivity contribution in [1.82, 2.24) is 0 Å². The van der Waals surface area contributed by atoms with E-state index in [1.54, 1.807) is 13.0 Å². The summed E-state index contributed by atoms with van der Waals surface area (Å²) in [4.78, 5) is 12.0. The molecule has 0 unspecified atom stereocenters. The van der Waals surface area contributed by atoms with Gasteiger partial charge in [-0.25, -0.2) is 0 Å². The summed E-state index contributed by atoms with van der Waals surface area (Å²) in [6, 6.07) is 6.46. The van der Waals surface area contributed by atoms with Crippen LogP contribution in [-0.2, 0) is 0 Å². The van der Waals surface area contributed by atoms with Crippen LogP contribution >= 0.6 is 0 Å². The number of rotatable bonds is 3. The maximum atomic E-state index is 12.1. The first-order valence-electron chi connectivity index (χ1n) is 5.31. The van der Waals surface area contributed by atoms with Gasteiger partial charge in [0.25, 0.3) is 0 Å². The Morgan fingerprint density at radius 3 is 2.58 bits per heavy atom. The number of carbonyl (C=O) groups is 1. The van der Waals surface area contributed by atoms with Gasteiger partial charge in [0.05, 0.1) is 6.26 Å². The van der Waals surface area contributed by atoms with Crippen molar-refractivity contribution in [3.05, 3.63) is 53.5 Å². The van der Waals surface area contributed by atoms with Crippen LogP contribution in [0.3, 0.4) is 0 Å². The van der Waals surface area contributed by atoms with E-state index in [1.165, 1.54) is 18.4 Å². The van der Waals surface area contributed by atoms with E-state index in [-0.39, 0.29) is 11.3 Å². The molecule has 1 aromatic carbocycles. The molecule has 0 aliphatic rings. The van der Waals surface area contributed by atoms with Gasteiger partial charge in [-0.2, -0.15) is 0 Å². The molecule has 0 radical (unpaired) electrons. The summed E-state index contributed by atoms with van der Waals surface area (Å²) in [5.41, 5.74) is 0.687. The predicted octanol–water partition coefficient (Wildman–Crippen LogP) is 3.72. The monoisotopic (exact) mass is 270 g/mol. The highest BCUT2D eigenvalue weighted by Gasteiger charge is 2.31. The molecule has 0 amide bonds. The van der Waals surface area contributed by atoms with Gasteiger partial charge in [-0.05, 0) is 30.7 Å².